The van der Waals surface area contributed by atoms with E-state index in [1.807, 2.05) is 0 Å². The molecule has 1 aromatic carbocycles. The minimum Gasteiger partial charge on any atom is -0.478 e. The number of nitrogens with zero attached hydrogens (tertiary/aromatic N) is 1. The Hall–Kier alpha value is -2.25. The van der Waals surface area contributed by atoms with Crippen LogP contribution in [0.15, 0.2) is 24.5 Å². The third-order valence-corrected chi connectivity index (χ3v) is 2.88. The predicted molar refractivity (Wildman–Crippen MR) is 74.7 cm³/mol. The van der Waals surface area contributed by atoms with Gasteiger partial charge < -0.3 is 15.7 Å². The summed E-state index contributed by atoms with van der Waals surface area (Å²) in [5.41, 5.74) is 0.511. The van der Waals surface area contributed by atoms with Crippen molar-refractivity contribution < 1.29 is 14.7 Å². The number of nitrogens with one attached hydrogen (secondary N) is 3. The lowest BCUT2D eigenvalue weighted by Crippen LogP contribution is -2.19. The van der Waals surface area contributed by atoms with Gasteiger partial charge in [0.2, 0.25) is 0 Å². The molecule has 2 amide bonds. The number of urea groups is 1. The number of aromatic nitrogens is 2. The van der Waals surface area contributed by atoms with Crippen LogP contribution in [0.5, 0.6) is 0 Å². The quantitative estimate of drug-likeness (QED) is 0.698. The van der Waals surface area contributed by atoms with Gasteiger partial charge in [-0.25, -0.2) is 9.59 Å². The van der Waals surface area contributed by atoms with E-state index in [1.54, 1.807) is 0 Å². The Morgan fingerprint density at radius 1 is 1.20 bits per heavy atom. The Bertz CT molecular complexity index is 635. The SMILES string of the molecule is O=C(Nc1cn[nH]c1)Nc1c(Cl)cc(C(=O)O)cc1Cl. The van der Waals surface area contributed by atoms with Gasteiger partial charge in [0.1, 0.15) is 0 Å². The number of carboxylic acid groups (broad SMARTS) is 1. The van der Waals surface area contributed by atoms with Crippen LogP contribution >= 0.6 is 23.2 Å². The second kappa shape index (κ2) is 5.81. The summed E-state index contributed by atoms with van der Waals surface area (Å²) in [6, 6.07) is 1.81. The van der Waals surface area contributed by atoms with E-state index in [4.69, 9.17) is 28.3 Å². The number of hydrogen-bond acceptors (Lipinski definition) is 3. The minimum atomic E-state index is -1.16. The summed E-state index contributed by atoms with van der Waals surface area (Å²) in [6.45, 7) is 0. The second-order valence-corrected chi connectivity index (χ2v) is 4.50. The number of H-pyrrole nitrogens is 1. The van der Waals surface area contributed by atoms with Gasteiger partial charge in [-0.2, -0.15) is 5.10 Å². The van der Waals surface area contributed by atoms with Crippen molar-refractivity contribution in [3.63, 3.8) is 0 Å². The van der Waals surface area contributed by atoms with Gasteiger partial charge in [0, 0.05) is 6.20 Å². The van der Waals surface area contributed by atoms with Crippen molar-refractivity contribution >= 4 is 46.6 Å². The molecule has 0 aliphatic carbocycles. The molecule has 2 aromatic rings. The van der Waals surface area contributed by atoms with E-state index in [0.717, 1.165) is 0 Å². The highest BCUT2D eigenvalue weighted by atomic mass is 35.5. The van der Waals surface area contributed by atoms with Crippen molar-refractivity contribution in [2.75, 3.05) is 10.6 Å². The summed E-state index contributed by atoms with van der Waals surface area (Å²) in [5, 5.41) is 20.0. The molecule has 4 N–H and O–H groups in total. The fraction of sp³-hybridized carbons (Fsp3) is 0. The molecule has 0 aliphatic heterocycles. The minimum absolute atomic E-state index is 0.0252. The van der Waals surface area contributed by atoms with E-state index < -0.39 is 12.0 Å². The zero-order chi connectivity index (χ0) is 14.7. The van der Waals surface area contributed by atoms with Gasteiger partial charge in [-0.05, 0) is 12.1 Å². The van der Waals surface area contributed by atoms with Crippen LogP contribution in [0, 0.1) is 0 Å². The van der Waals surface area contributed by atoms with Gasteiger partial charge in [-0.1, -0.05) is 23.2 Å². The van der Waals surface area contributed by atoms with Gasteiger partial charge >= 0.3 is 12.0 Å². The van der Waals surface area contributed by atoms with Crippen molar-refractivity contribution in [3.05, 3.63) is 40.1 Å². The average molecular weight is 315 g/mol. The van der Waals surface area contributed by atoms with Gasteiger partial charge in [0.15, 0.2) is 0 Å². The molecule has 0 spiro atoms. The van der Waals surface area contributed by atoms with Crippen LogP contribution in [0.25, 0.3) is 0 Å². The smallest absolute Gasteiger partial charge is 0.335 e. The molecule has 7 nitrogen and oxygen atoms in total. The Kier molecular flexibility index (Phi) is 4.11. The summed E-state index contributed by atoms with van der Waals surface area (Å²) in [7, 11) is 0. The van der Waals surface area contributed by atoms with Gasteiger partial charge in [-0.15, -0.1) is 0 Å². The largest absolute Gasteiger partial charge is 0.478 e. The van der Waals surface area contributed by atoms with E-state index in [9.17, 15) is 9.59 Å². The van der Waals surface area contributed by atoms with Crippen LogP contribution in [-0.4, -0.2) is 27.3 Å². The predicted octanol–water partition coefficient (Wildman–Crippen LogP) is 3.06. The molecule has 2 rings (SSSR count). The summed E-state index contributed by atoms with van der Waals surface area (Å²) < 4.78 is 0. The van der Waals surface area contributed by atoms with Crippen molar-refractivity contribution in [3.8, 4) is 0 Å². The molecule has 0 saturated carbocycles. The van der Waals surface area contributed by atoms with Gasteiger partial charge in [0.25, 0.3) is 0 Å². The number of halogens is 2. The highest BCUT2D eigenvalue weighted by Gasteiger charge is 2.14. The van der Waals surface area contributed by atoms with Crippen molar-refractivity contribution in [1.82, 2.24) is 10.2 Å². The molecule has 0 bridgehead atoms. The fourth-order valence-electron chi connectivity index (χ4n) is 1.41. The maximum Gasteiger partial charge on any atom is 0.335 e. The number of benzene rings is 1. The highest BCUT2D eigenvalue weighted by molar-refractivity contribution is 6.40. The molecular weight excluding hydrogens is 307 g/mol. The molecule has 0 saturated heterocycles. The van der Waals surface area contributed by atoms with E-state index in [-0.39, 0.29) is 21.3 Å². The molecule has 9 heteroatoms. The molecule has 20 heavy (non-hydrogen) atoms. The molecule has 0 aliphatic rings. The van der Waals surface area contributed by atoms with Crippen LogP contribution in [0.4, 0.5) is 16.2 Å². The standard InChI is InChI=1S/C11H8Cl2N4O3/c12-7-1-5(10(18)19)2-8(13)9(7)17-11(20)16-6-3-14-15-4-6/h1-4H,(H,14,15)(H,18,19)(H2,16,17,20). The third-order valence-electron chi connectivity index (χ3n) is 2.28. The first-order chi connectivity index (χ1) is 9.47. The van der Waals surface area contributed by atoms with Crippen LogP contribution < -0.4 is 10.6 Å². The number of hydrogen-bond donors (Lipinski definition) is 4. The number of carboxylic acids is 1. The molecule has 0 radical (unpaired) electrons. The summed E-state index contributed by atoms with van der Waals surface area (Å²) in [4.78, 5) is 22.5. The fourth-order valence-corrected chi connectivity index (χ4v) is 1.99. The van der Waals surface area contributed by atoms with Crippen LogP contribution in [0.3, 0.4) is 0 Å². The lowest BCUT2D eigenvalue weighted by molar-refractivity contribution is 0.0697. The first kappa shape index (κ1) is 14.2. The number of aromatic amines is 1. The number of carbonyl (C=O) groups excluding carboxylic acids is 1. The third kappa shape index (κ3) is 3.19. The van der Waals surface area contributed by atoms with Gasteiger partial charge in [-0.3, -0.25) is 5.10 Å². The Balaban J connectivity index is 2.17. The second-order valence-electron chi connectivity index (χ2n) is 3.69. The number of amides is 2. The van der Waals surface area contributed by atoms with E-state index in [0.29, 0.717) is 5.69 Å². The van der Waals surface area contributed by atoms with E-state index in [2.05, 4.69) is 20.8 Å². The zero-order valence-corrected chi connectivity index (χ0v) is 11.3. The first-order valence-corrected chi connectivity index (χ1v) is 6.02. The number of aromatic carboxylic acids is 1. The monoisotopic (exact) mass is 314 g/mol. The van der Waals surface area contributed by atoms with Crippen molar-refractivity contribution in [2.24, 2.45) is 0 Å². The topological polar surface area (TPSA) is 107 Å². The van der Waals surface area contributed by atoms with Crippen LogP contribution in [0.1, 0.15) is 10.4 Å². The van der Waals surface area contributed by atoms with Crippen molar-refractivity contribution in [1.29, 1.82) is 0 Å². The zero-order valence-electron chi connectivity index (χ0n) is 9.78. The summed E-state index contributed by atoms with van der Waals surface area (Å²) in [5.74, 6) is -1.16. The molecular formula is C11H8Cl2N4O3. The molecule has 0 fully saturated rings. The van der Waals surface area contributed by atoms with Crippen LogP contribution in [-0.2, 0) is 0 Å². The van der Waals surface area contributed by atoms with E-state index >= 15 is 0 Å². The number of anilines is 2. The number of carbonyl (C=O) groups is 2. The first-order valence-electron chi connectivity index (χ1n) is 5.26. The summed E-state index contributed by atoms with van der Waals surface area (Å²) >= 11 is 11.8. The maximum absolute atomic E-state index is 11.7. The average Bonchev–Trinajstić information content (AvgIpc) is 2.86. The Morgan fingerprint density at radius 3 is 2.35 bits per heavy atom. The van der Waals surface area contributed by atoms with E-state index in [1.165, 1.54) is 24.5 Å². The molecule has 1 heterocycles. The molecule has 0 unspecified atom stereocenters. The lowest BCUT2D eigenvalue weighted by Gasteiger charge is -2.10. The number of rotatable bonds is 3. The summed E-state index contributed by atoms with van der Waals surface area (Å²) in [6.07, 6.45) is 2.90. The Labute approximate surface area is 122 Å². The lowest BCUT2D eigenvalue weighted by atomic mass is 10.2. The normalized spacial score (nSPS) is 10.1. The highest BCUT2D eigenvalue weighted by Crippen LogP contribution is 2.32. The van der Waals surface area contributed by atoms with Crippen molar-refractivity contribution in [2.45, 2.75) is 0 Å². The molecule has 104 valence electrons. The Morgan fingerprint density at radius 2 is 1.85 bits per heavy atom. The van der Waals surface area contributed by atoms with Gasteiger partial charge in [0.05, 0.1) is 33.2 Å². The van der Waals surface area contributed by atoms with Crippen LogP contribution in [0.2, 0.25) is 10.0 Å². The molecule has 0 atom stereocenters. The maximum atomic E-state index is 11.7. The molecule has 1 aromatic heterocycles.